The van der Waals surface area contributed by atoms with Crippen molar-refractivity contribution in [3.8, 4) is 0 Å². The minimum absolute atomic E-state index is 0.0479. The van der Waals surface area contributed by atoms with Crippen molar-refractivity contribution in [1.82, 2.24) is 0 Å². The van der Waals surface area contributed by atoms with Crippen LogP contribution in [0.1, 0.15) is 12.8 Å². The normalized spacial score (nSPS) is 39.2. The van der Waals surface area contributed by atoms with Crippen LogP contribution in [0.3, 0.4) is 0 Å². The molecule has 5 heteroatoms. The van der Waals surface area contributed by atoms with Crippen molar-refractivity contribution in [3.05, 3.63) is 12.2 Å². The summed E-state index contributed by atoms with van der Waals surface area (Å²) in [6.45, 7) is 0. The molecule has 0 radical (unpaired) electrons. The van der Waals surface area contributed by atoms with E-state index in [1.807, 2.05) is 6.08 Å². The van der Waals surface area contributed by atoms with E-state index in [2.05, 4.69) is 0 Å². The number of rotatable bonds is 2. The number of hydrogen-bond acceptors (Lipinski definition) is 4. The Bertz CT molecular complexity index is 318. The first-order valence-electron chi connectivity index (χ1n) is 3.77. The maximum atomic E-state index is 10.8. The highest BCUT2D eigenvalue weighted by molar-refractivity contribution is 7.86. The van der Waals surface area contributed by atoms with Gasteiger partial charge in [0.25, 0.3) is 10.1 Å². The quantitative estimate of drug-likeness (QED) is 0.467. The topological polar surface area (TPSA) is 52.6 Å². The molecular formula is C7H10O4S. The van der Waals surface area contributed by atoms with E-state index in [0.717, 1.165) is 12.7 Å². The van der Waals surface area contributed by atoms with E-state index in [0.29, 0.717) is 6.42 Å². The molecule has 0 spiro atoms. The van der Waals surface area contributed by atoms with E-state index in [1.165, 1.54) is 0 Å². The highest BCUT2D eigenvalue weighted by Gasteiger charge is 2.45. The van der Waals surface area contributed by atoms with Crippen molar-refractivity contribution in [1.29, 1.82) is 0 Å². The molecule has 2 heterocycles. The van der Waals surface area contributed by atoms with Gasteiger partial charge in [-0.2, -0.15) is 8.42 Å². The van der Waals surface area contributed by atoms with Crippen LogP contribution in [-0.4, -0.2) is 26.6 Å². The van der Waals surface area contributed by atoms with Crippen molar-refractivity contribution in [3.63, 3.8) is 0 Å². The lowest BCUT2D eigenvalue weighted by atomic mass is 10.1. The highest BCUT2D eigenvalue weighted by atomic mass is 32.2. The molecule has 0 aromatic rings. The Hall–Kier alpha value is -0.390. The van der Waals surface area contributed by atoms with Gasteiger partial charge in [-0.05, 0) is 12.5 Å². The van der Waals surface area contributed by atoms with E-state index >= 15 is 0 Å². The van der Waals surface area contributed by atoms with Crippen LogP contribution in [0, 0.1) is 0 Å². The number of ether oxygens (including phenoxy) is 1. The molecular weight excluding hydrogens is 180 g/mol. The maximum Gasteiger partial charge on any atom is 0.267 e. The first-order valence-corrected chi connectivity index (χ1v) is 5.59. The van der Waals surface area contributed by atoms with E-state index in [-0.39, 0.29) is 6.10 Å². The largest absolute Gasteiger partial charge is 0.338 e. The number of hydrogen-bond donors (Lipinski definition) is 0. The zero-order valence-electron chi connectivity index (χ0n) is 6.69. The molecule has 2 unspecified atom stereocenters. The maximum absolute atomic E-state index is 10.8. The van der Waals surface area contributed by atoms with Crippen molar-refractivity contribution in [2.75, 3.05) is 6.26 Å². The lowest BCUT2D eigenvalue weighted by molar-refractivity contribution is -0.108. The average molecular weight is 190 g/mol. The number of fused-ring (bicyclic) bond motifs is 2. The zero-order chi connectivity index (χ0) is 8.82. The molecule has 2 aliphatic rings. The second kappa shape index (κ2) is 2.31. The molecule has 0 N–H and O–H groups in total. The van der Waals surface area contributed by atoms with Crippen LogP contribution in [0.15, 0.2) is 12.2 Å². The molecule has 1 saturated heterocycles. The molecule has 1 fully saturated rings. The van der Waals surface area contributed by atoms with Gasteiger partial charge in [0.1, 0.15) is 0 Å². The third-order valence-electron chi connectivity index (χ3n) is 1.99. The molecule has 2 atom stereocenters. The predicted molar refractivity (Wildman–Crippen MR) is 41.9 cm³/mol. The van der Waals surface area contributed by atoms with Crippen molar-refractivity contribution in [2.24, 2.45) is 0 Å². The first-order chi connectivity index (χ1) is 5.49. The molecule has 0 amide bonds. The second-order valence-corrected chi connectivity index (χ2v) is 4.73. The summed E-state index contributed by atoms with van der Waals surface area (Å²) in [5.41, 5.74) is 0. The van der Waals surface area contributed by atoms with Crippen LogP contribution in [0.4, 0.5) is 0 Å². The average Bonchev–Trinajstić information content (AvgIpc) is 2.40. The summed E-state index contributed by atoms with van der Waals surface area (Å²) in [6.07, 6.45) is 6.07. The van der Waals surface area contributed by atoms with Gasteiger partial charge in [-0.1, -0.05) is 6.08 Å². The van der Waals surface area contributed by atoms with E-state index in [9.17, 15) is 8.42 Å². The van der Waals surface area contributed by atoms with Crippen LogP contribution in [0.25, 0.3) is 0 Å². The highest BCUT2D eigenvalue weighted by Crippen LogP contribution is 2.39. The molecule has 0 aromatic heterocycles. The Morgan fingerprint density at radius 3 is 2.75 bits per heavy atom. The minimum atomic E-state index is -3.43. The van der Waals surface area contributed by atoms with Crippen LogP contribution < -0.4 is 0 Å². The smallest absolute Gasteiger partial charge is 0.267 e. The third-order valence-corrected chi connectivity index (χ3v) is 2.57. The van der Waals surface area contributed by atoms with Gasteiger partial charge >= 0.3 is 0 Å². The van der Waals surface area contributed by atoms with Crippen LogP contribution >= 0.6 is 0 Å². The Morgan fingerprint density at radius 1 is 1.67 bits per heavy atom. The molecule has 2 bridgehead atoms. The fraction of sp³-hybridized carbons (Fsp3) is 0.714. The fourth-order valence-corrected chi connectivity index (χ4v) is 2.27. The summed E-state index contributed by atoms with van der Waals surface area (Å²) in [6, 6.07) is 0. The lowest BCUT2D eigenvalue weighted by Crippen LogP contribution is -2.29. The summed E-state index contributed by atoms with van der Waals surface area (Å²) in [7, 11) is -3.43. The van der Waals surface area contributed by atoms with Crippen LogP contribution in [0.2, 0.25) is 0 Å². The standard InChI is InChI=1S/C7H10O4S/c1-12(8,9)11-7-4-2-6(10-7)3-5-7/h2,4,6H,3,5H2,1H3. The van der Waals surface area contributed by atoms with Crippen LogP contribution in [0.5, 0.6) is 0 Å². The summed E-state index contributed by atoms with van der Waals surface area (Å²) >= 11 is 0. The second-order valence-electron chi connectivity index (χ2n) is 3.15. The molecule has 2 rings (SSSR count). The Balaban J connectivity index is 2.19. The third kappa shape index (κ3) is 1.39. The SMILES string of the molecule is CS(=O)(=O)OC12C=CC(CC1)O2. The van der Waals surface area contributed by atoms with Crippen LogP contribution in [-0.2, 0) is 19.0 Å². The molecule has 0 saturated carbocycles. The summed E-state index contributed by atoms with van der Waals surface area (Å²) in [4.78, 5) is 0. The lowest BCUT2D eigenvalue weighted by Gasteiger charge is -2.20. The fourth-order valence-electron chi connectivity index (χ4n) is 1.57. The van der Waals surface area contributed by atoms with Gasteiger partial charge in [-0.25, -0.2) is 4.18 Å². The van der Waals surface area contributed by atoms with Gasteiger partial charge in [0, 0.05) is 6.42 Å². The first kappa shape index (κ1) is 8.22. The van der Waals surface area contributed by atoms with Gasteiger partial charge < -0.3 is 4.74 Å². The van der Waals surface area contributed by atoms with Gasteiger partial charge in [0.15, 0.2) is 0 Å². The minimum Gasteiger partial charge on any atom is -0.338 e. The van der Waals surface area contributed by atoms with E-state index in [1.54, 1.807) is 6.08 Å². The molecule has 4 nitrogen and oxygen atoms in total. The molecule has 0 aliphatic carbocycles. The monoisotopic (exact) mass is 190 g/mol. The zero-order valence-corrected chi connectivity index (χ0v) is 7.50. The Kier molecular flexibility index (Phi) is 1.58. The van der Waals surface area contributed by atoms with Crippen molar-refractivity contribution < 1.29 is 17.3 Å². The molecule has 0 aromatic carbocycles. The van der Waals surface area contributed by atoms with Crippen molar-refractivity contribution in [2.45, 2.75) is 24.7 Å². The summed E-state index contributed by atoms with van der Waals surface area (Å²) in [5.74, 6) is -0.974. The van der Waals surface area contributed by atoms with Gasteiger partial charge in [-0.3, -0.25) is 0 Å². The summed E-state index contributed by atoms with van der Waals surface area (Å²) in [5, 5.41) is 0. The molecule has 68 valence electrons. The Labute approximate surface area is 71.3 Å². The van der Waals surface area contributed by atoms with E-state index < -0.39 is 15.9 Å². The van der Waals surface area contributed by atoms with Gasteiger partial charge in [0.2, 0.25) is 5.79 Å². The molecule has 12 heavy (non-hydrogen) atoms. The van der Waals surface area contributed by atoms with Gasteiger partial charge in [0.05, 0.1) is 12.4 Å². The van der Waals surface area contributed by atoms with Gasteiger partial charge in [-0.15, -0.1) is 0 Å². The summed E-state index contributed by atoms with van der Waals surface area (Å²) < 4.78 is 31.8. The van der Waals surface area contributed by atoms with E-state index in [4.69, 9.17) is 8.92 Å². The molecule has 2 aliphatic heterocycles. The predicted octanol–water partition coefficient (Wildman–Crippen LogP) is 0.408. The Morgan fingerprint density at radius 2 is 2.42 bits per heavy atom. The van der Waals surface area contributed by atoms with Crippen molar-refractivity contribution >= 4 is 10.1 Å².